The Balaban J connectivity index is 2.30. The van der Waals surface area contributed by atoms with Gasteiger partial charge in [-0.25, -0.2) is 0 Å². The fourth-order valence-corrected chi connectivity index (χ4v) is 1.57. The SMILES string of the molecule is CCNC(C)CCc1cccn1C. The van der Waals surface area contributed by atoms with Crippen molar-refractivity contribution in [3.05, 3.63) is 24.0 Å². The summed E-state index contributed by atoms with van der Waals surface area (Å²) in [5.41, 5.74) is 1.42. The van der Waals surface area contributed by atoms with Crippen LogP contribution < -0.4 is 5.32 Å². The predicted molar refractivity (Wildman–Crippen MR) is 56.9 cm³/mol. The van der Waals surface area contributed by atoms with E-state index in [1.54, 1.807) is 0 Å². The van der Waals surface area contributed by atoms with Gasteiger partial charge in [-0.3, -0.25) is 0 Å². The van der Waals surface area contributed by atoms with E-state index < -0.39 is 0 Å². The summed E-state index contributed by atoms with van der Waals surface area (Å²) in [6.45, 7) is 5.46. The van der Waals surface area contributed by atoms with Crippen molar-refractivity contribution in [3.8, 4) is 0 Å². The lowest BCUT2D eigenvalue weighted by Gasteiger charge is -2.11. The quantitative estimate of drug-likeness (QED) is 0.733. The molecule has 0 aliphatic carbocycles. The first-order valence-electron chi connectivity index (χ1n) is 5.07. The highest BCUT2D eigenvalue weighted by molar-refractivity contribution is 5.06. The second-order valence-electron chi connectivity index (χ2n) is 3.61. The van der Waals surface area contributed by atoms with Crippen LogP contribution in [0.3, 0.4) is 0 Å². The summed E-state index contributed by atoms with van der Waals surface area (Å²) in [6, 6.07) is 4.92. The summed E-state index contributed by atoms with van der Waals surface area (Å²) in [7, 11) is 2.10. The molecule has 74 valence electrons. The van der Waals surface area contributed by atoms with Crippen LogP contribution in [-0.2, 0) is 13.5 Å². The molecule has 1 atom stereocenters. The molecule has 0 saturated heterocycles. The van der Waals surface area contributed by atoms with Crippen molar-refractivity contribution < 1.29 is 0 Å². The number of rotatable bonds is 5. The van der Waals surface area contributed by atoms with Gasteiger partial charge in [-0.15, -0.1) is 0 Å². The van der Waals surface area contributed by atoms with Gasteiger partial charge in [0.15, 0.2) is 0 Å². The van der Waals surface area contributed by atoms with E-state index in [1.807, 2.05) is 0 Å². The highest BCUT2D eigenvalue weighted by Crippen LogP contribution is 2.05. The second-order valence-corrected chi connectivity index (χ2v) is 3.61. The number of nitrogens with zero attached hydrogens (tertiary/aromatic N) is 1. The first-order chi connectivity index (χ1) is 6.24. The van der Waals surface area contributed by atoms with Crippen molar-refractivity contribution in [1.82, 2.24) is 9.88 Å². The van der Waals surface area contributed by atoms with E-state index in [1.165, 1.54) is 12.1 Å². The Hall–Kier alpha value is -0.760. The van der Waals surface area contributed by atoms with Gasteiger partial charge in [0.1, 0.15) is 0 Å². The van der Waals surface area contributed by atoms with Gasteiger partial charge in [-0.05, 0) is 38.4 Å². The van der Waals surface area contributed by atoms with Crippen LogP contribution in [0.15, 0.2) is 18.3 Å². The van der Waals surface area contributed by atoms with E-state index in [2.05, 4.69) is 49.1 Å². The van der Waals surface area contributed by atoms with Crippen molar-refractivity contribution in [2.75, 3.05) is 6.54 Å². The molecule has 0 spiro atoms. The number of aryl methyl sites for hydroxylation is 2. The molecule has 1 unspecified atom stereocenters. The minimum atomic E-state index is 0.625. The second kappa shape index (κ2) is 5.07. The molecule has 0 amide bonds. The number of nitrogens with one attached hydrogen (secondary N) is 1. The fraction of sp³-hybridized carbons (Fsp3) is 0.636. The van der Waals surface area contributed by atoms with Crippen LogP contribution in [-0.4, -0.2) is 17.2 Å². The standard InChI is InChI=1S/C11H20N2/c1-4-12-10(2)7-8-11-6-5-9-13(11)3/h5-6,9-10,12H,4,7-8H2,1-3H3. The van der Waals surface area contributed by atoms with Crippen molar-refractivity contribution >= 4 is 0 Å². The molecule has 13 heavy (non-hydrogen) atoms. The zero-order chi connectivity index (χ0) is 9.68. The predicted octanol–water partition coefficient (Wildman–Crippen LogP) is 1.96. The third-order valence-corrected chi connectivity index (χ3v) is 2.44. The fourth-order valence-electron chi connectivity index (χ4n) is 1.57. The zero-order valence-corrected chi connectivity index (χ0v) is 8.88. The van der Waals surface area contributed by atoms with E-state index in [9.17, 15) is 0 Å². The van der Waals surface area contributed by atoms with Crippen LogP contribution in [0.5, 0.6) is 0 Å². The lowest BCUT2D eigenvalue weighted by Crippen LogP contribution is -2.26. The summed E-state index contributed by atoms with van der Waals surface area (Å²) in [6.07, 6.45) is 4.48. The van der Waals surface area contributed by atoms with Gasteiger partial charge in [0.25, 0.3) is 0 Å². The van der Waals surface area contributed by atoms with Crippen molar-refractivity contribution in [2.24, 2.45) is 7.05 Å². The molecular weight excluding hydrogens is 160 g/mol. The summed E-state index contributed by atoms with van der Waals surface area (Å²) in [5, 5.41) is 3.42. The molecule has 2 nitrogen and oxygen atoms in total. The van der Waals surface area contributed by atoms with E-state index in [-0.39, 0.29) is 0 Å². The Morgan fingerprint density at radius 1 is 1.54 bits per heavy atom. The molecular formula is C11H20N2. The smallest absolute Gasteiger partial charge is 0.0172 e. The maximum absolute atomic E-state index is 3.42. The first kappa shape index (κ1) is 10.3. The molecule has 0 fully saturated rings. The highest BCUT2D eigenvalue weighted by atomic mass is 14.9. The third-order valence-electron chi connectivity index (χ3n) is 2.44. The summed E-state index contributed by atoms with van der Waals surface area (Å²) >= 11 is 0. The van der Waals surface area contributed by atoms with Gasteiger partial charge in [0, 0.05) is 25.0 Å². The molecule has 1 aromatic rings. The molecule has 0 aromatic carbocycles. The maximum Gasteiger partial charge on any atom is 0.0172 e. The van der Waals surface area contributed by atoms with Crippen molar-refractivity contribution in [3.63, 3.8) is 0 Å². The van der Waals surface area contributed by atoms with E-state index in [0.717, 1.165) is 13.0 Å². The molecule has 1 N–H and O–H groups in total. The Bertz CT molecular complexity index is 240. The summed E-state index contributed by atoms with van der Waals surface area (Å²) in [5.74, 6) is 0. The largest absolute Gasteiger partial charge is 0.354 e. The van der Waals surface area contributed by atoms with E-state index in [4.69, 9.17) is 0 Å². The lowest BCUT2D eigenvalue weighted by molar-refractivity contribution is 0.524. The van der Waals surface area contributed by atoms with Crippen LogP contribution in [0, 0.1) is 0 Å². The molecule has 2 heteroatoms. The molecule has 0 aliphatic rings. The number of aromatic nitrogens is 1. The molecule has 0 radical (unpaired) electrons. The van der Waals surface area contributed by atoms with Crippen LogP contribution in [0.2, 0.25) is 0 Å². The van der Waals surface area contributed by atoms with Crippen molar-refractivity contribution in [2.45, 2.75) is 32.7 Å². The number of hydrogen-bond donors (Lipinski definition) is 1. The maximum atomic E-state index is 3.42. The minimum Gasteiger partial charge on any atom is -0.354 e. The van der Waals surface area contributed by atoms with Gasteiger partial charge in [0.05, 0.1) is 0 Å². The molecule has 1 heterocycles. The summed E-state index contributed by atoms with van der Waals surface area (Å²) in [4.78, 5) is 0. The normalized spacial score (nSPS) is 13.2. The molecule has 0 bridgehead atoms. The lowest BCUT2D eigenvalue weighted by atomic mass is 10.1. The number of hydrogen-bond acceptors (Lipinski definition) is 1. The zero-order valence-electron chi connectivity index (χ0n) is 8.88. The minimum absolute atomic E-state index is 0.625. The van der Waals surface area contributed by atoms with Crippen molar-refractivity contribution in [1.29, 1.82) is 0 Å². The van der Waals surface area contributed by atoms with Gasteiger partial charge in [-0.2, -0.15) is 0 Å². The Kier molecular flexibility index (Phi) is 4.03. The van der Waals surface area contributed by atoms with Crippen LogP contribution in [0.4, 0.5) is 0 Å². The average Bonchev–Trinajstić information content (AvgIpc) is 2.48. The van der Waals surface area contributed by atoms with Crippen LogP contribution in [0.25, 0.3) is 0 Å². The Labute approximate surface area is 81.0 Å². The van der Waals surface area contributed by atoms with Gasteiger partial charge >= 0.3 is 0 Å². The Morgan fingerprint density at radius 3 is 2.85 bits per heavy atom. The summed E-state index contributed by atoms with van der Waals surface area (Å²) < 4.78 is 2.19. The topological polar surface area (TPSA) is 17.0 Å². The molecule has 0 aliphatic heterocycles. The first-order valence-corrected chi connectivity index (χ1v) is 5.07. The van der Waals surface area contributed by atoms with Crippen LogP contribution >= 0.6 is 0 Å². The van der Waals surface area contributed by atoms with Gasteiger partial charge < -0.3 is 9.88 Å². The van der Waals surface area contributed by atoms with Gasteiger partial charge in [-0.1, -0.05) is 6.92 Å². The van der Waals surface area contributed by atoms with E-state index >= 15 is 0 Å². The average molecular weight is 180 g/mol. The van der Waals surface area contributed by atoms with E-state index in [0.29, 0.717) is 6.04 Å². The molecule has 0 saturated carbocycles. The third kappa shape index (κ3) is 3.23. The van der Waals surface area contributed by atoms with Crippen LogP contribution in [0.1, 0.15) is 26.0 Å². The highest BCUT2D eigenvalue weighted by Gasteiger charge is 2.01. The monoisotopic (exact) mass is 180 g/mol. The molecule has 1 rings (SSSR count). The van der Waals surface area contributed by atoms with Gasteiger partial charge in [0.2, 0.25) is 0 Å². The molecule has 1 aromatic heterocycles. The Morgan fingerprint density at radius 2 is 2.31 bits per heavy atom.